The molecule has 1 aliphatic carbocycles. The summed E-state index contributed by atoms with van der Waals surface area (Å²) >= 11 is 1.79. The first-order valence-electron chi connectivity index (χ1n) is 12.0. The lowest BCUT2D eigenvalue weighted by Gasteiger charge is -2.32. The minimum absolute atomic E-state index is 0.0395. The fourth-order valence-corrected chi connectivity index (χ4v) is 5.86. The second-order valence-corrected chi connectivity index (χ2v) is 10.1. The second-order valence-electron chi connectivity index (χ2n) is 9.02. The third-order valence-electron chi connectivity index (χ3n) is 6.64. The molecular weight excluding hydrogens is 438 g/mol. The Labute approximate surface area is 205 Å². The number of aliphatic hydroxyl groups is 1. The molecule has 0 atom stereocenters. The molecule has 2 aliphatic rings. The number of hydrogen-bond acceptors (Lipinski definition) is 4. The molecule has 0 radical (unpaired) electrons. The number of hydrogen-bond donors (Lipinski definition) is 1. The molecule has 172 valence electrons. The monoisotopic (exact) mass is 467 g/mol. The highest BCUT2D eigenvalue weighted by Crippen LogP contribution is 2.51. The fourth-order valence-electron chi connectivity index (χ4n) is 4.80. The van der Waals surface area contributed by atoms with E-state index in [1.54, 1.807) is 24.8 Å². The van der Waals surface area contributed by atoms with E-state index in [4.69, 9.17) is 0 Å². The van der Waals surface area contributed by atoms with Gasteiger partial charge in [0.25, 0.3) is 0 Å². The van der Waals surface area contributed by atoms with Crippen molar-refractivity contribution in [1.82, 2.24) is 0 Å². The van der Waals surface area contributed by atoms with Crippen LogP contribution in [0.25, 0.3) is 6.08 Å². The molecule has 0 bridgehead atoms. The van der Waals surface area contributed by atoms with Gasteiger partial charge in [0.1, 0.15) is 0 Å². The van der Waals surface area contributed by atoms with E-state index in [0.717, 1.165) is 36.9 Å². The Kier molecular flexibility index (Phi) is 6.59. The van der Waals surface area contributed by atoms with Gasteiger partial charge < -0.3 is 10.0 Å². The van der Waals surface area contributed by atoms with Gasteiger partial charge in [0.2, 0.25) is 0 Å². The van der Waals surface area contributed by atoms with Crippen LogP contribution in [0.4, 0.5) is 17.1 Å². The van der Waals surface area contributed by atoms with Crippen molar-refractivity contribution < 1.29 is 9.90 Å². The predicted molar refractivity (Wildman–Crippen MR) is 141 cm³/mol. The average molecular weight is 468 g/mol. The Morgan fingerprint density at radius 3 is 2.06 bits per heavy atom. The van der Waals surface area contributed by atoms with Crippen molar-refractivity contribution in [1.29, 1.82) is 0 Å². The molecule has 34 heavy (non-hydrogen) atoms. The summed E-state index contributed by atoms with van der Waals surface area (Å²) in [5, 5.41) is 10.6. The summed E-state index contributed by atoms with van der Waals surface area (Å²) < 4.78 is 0. The number of benzene rings is 3. The third-order valence-corrected chi connectivity index (χ3v) is 7.77. The van der Waals surface area contributed by atoms with Crippen molar-refractivity contribution in [3.63, 3.8) is 0 Å². The molecule has 0 amide bonds. The van der Waals surface area contributed by atoms with Gasteiger partial charge in [-0.1, -0.05) is 67.4 Å². The molecule has 1 N–H and O–H groups in total. The molecular formula is C30H29NO2S. The van der Waals surface area contributed by atoms with Crippen LogP contribution < -0.4 is 4.90 Å². The molecule has 5 rings (SSSR count). The number of anilines is 3. The number of fused-ring (bicyclic) bond motifs is 2. The number of carbonyl (C=O) groups is 1. The Balaban J connectivity index is 1.46. The molecule has 0 aromatic heterocycles. The van der Waals surface area contributed by atoms with E-state index in [1.807, 2.05) is 18.2 Å². The zero-order chi connectivity index (χ0) is 23.5. The Morgan fingerprint density at radius 2 is 1.47 bits per heavy atom. The van der Waals surface area contributed by atoms with Crippen LogP contribution in [-0.4, -0.2) is 10.9 Å². The number of carbonyl (C=O) groups excluding carboxylic acids is 1. The molecule has 1 saturated carbocycles. The van der Waals surface area contributed by atoms with Gasteiger partial charge in [-0.15, -0.1) is 0 Å². The summed E-state index contributed by atoms with van der Waals surface area (Å²) in [5.74, 6) is 0.482. The number of Topliss-reactive ketones (excluding diaryl/α,β-unsaturated/α-hetero) is 1. The average Bonchev–Trinajstić information content (AvgIpc) is 2.88. The van der Waals surface area contributed by atoms with Crippen molar-refractivity contribution in [2.45, 2.75) is 48.8 Å². The number of para-hydroxylation sites is 2. The molecule has 3 aromatic rings. The van der Waals surface area contributed by atoms with E-state index >= 15 is 0 Å². The van der Waals surface area contributed by atoms with Gasteiger partial charge in [0.05, 0.1) is 17.1 Å². The predicted octanol–water partition coefficient (Wildman–Crippen LogP) is 8.62. The molecule has 0 spiro atoms. The van der Waals surface area contributed by atoms with E-state index in [-0.39, 0.29) is 11.7 Å². The van der Waals surface area contributed by atoms with Crippen molar-refractivity contribution in [2.24, 2.45) is 5.92 Å². The molecule has 1 aliphatic heterocycles. The van der Waals surface area contributed by atoms with Gasteiger partial charge >= 0.3 is 0 Å². The van der Waals surface area contributed by atoms with Gasteiger partial charge in [0, 0.05) is 27.0 Å². The first-order valence-corrected chi connectivity index (χ1v) is 12.8. The highest BCUT2D eigenvalue weighted by atomic mass is 32.2. The van der Waals surface area contributed by atoms with Crippen LogP contribution in [0.2, 0.25) is 0 Å². The Morgan fingerprint density at radius 1 is 0.882 bits per heavy atom. The minimum Gasteiger partial charge on any atom is -0.512 e. The minimum atomic E-state index is -0.0395. The zero-order valence-corrected chi connectivity index (χ0v) is 20.2. The molecule has 0 unspecified atom stereocenters. The second kappa shape index (κ2) is 9.94. The summed E-state index contributed by atoms with van der Waals surface area (Å²) in [6, 6.07) is 25.2. The molecule has 3 aromatic carbocycles. The fraction of sp³-hybridized carbons (Fsp3) is 0.233. The van der Waals surface area contributed by atoms with Gasteiger partial charge in [-0.25, -0.2) is 0 Å². The summed E-state index contributed by atoms with van der Waals surface area (Å²) in [5.41, 5.74) is 4.89. The third kappa shape index (κ3) is 4.69. The first kappa shape index (κ1) is 22.5. The SMILES string of the molecule is CC(=O)C(/C=C(\O)C1CCCCC1)=C/c1ccc(N2c3ccccc3Sc3ccccc32)cc1. The molecule has 1 fully saturated rings. The highest BCUT2D eigenvalue weighted by molar-refractivity contribution is 7.99. The lowest BCUT2D eigenvalue weighted by atomic mass is 9.87. The van der Waals surface area contributed by atoms with Crippen LogP contribution in [0.5, 0.6) is 0 Å². The van der Waals surface area contributed by atoms with Crippen molar-refractivity contribution in [2.75, 3.05) is 4.90 Å². The maximum atomic E-state index is 12.3. The van der Waals surface area contributed by atoms with Crippen LogP contribution >= 0.6 is 11.8 Å². The Hall–Kier alpha value is -3.24. The van der Waals surface area contributed by atoms with Crippen LogP contribution in [0.15, 0.2) is 100.0 Å². The molecule has 0 saturated heterocycles. The van der Waals surface area contributed by atoms with Crippen LogP contribution in [0, 0.1) is 5.92 Å². The molecule has 4 heteroatoms. The van der Waals surface area contributed by atoms with E-state index in [2.05, 4.69) is 65.6 Å². The highest BCUT2D eigenvalue weighted by Gasteiger charge is 2.24. The number of allylic oxidation sites excluding steroid dienone is 3. The summed E-state index contributed by atoms with van der Waals surface area (Å²) in [6.45, 7) is 1.56. The maximum Gasteiger partial charge on any atom is 0.159 e. The number of rotatable bonds is 5. The summed E-state index contributed by atoms with van der Waals surface area (Å²) in [4.78, 5) is 17.1. The number of aliphatic hydroxyl groups excluding tert-OH is 1. The number of nitrogens with zero attached hydrogens (tertiary/aromatic N) is 1. The lowest BCUT2D eigenvalue weighted by Crippen LogP contribution is -2.14. The quantitative estimate of drug-likeness (QED) is 0.181. The van der Waals surface area contributed by atoms with Gasteiger partial charge in [-0.05, 0) is 73.9 Å². The smallest absolute Gasteiger partial charge is 0.159 e. The van der Waals surface area contributed by atoms with E-state index in [1.165, 1.54) is 27.6 Å². The van der Waals surface area contributed by atoms with Crippen molar-refractivity contribution >= 4 is 40.7 Å². The number of ketones is 1. The summed E-state index contributed by atoms with van der Waals surface area (Å²) in [6.07, 6.45) is 9.07. The summed E-state index contributed by atoms with van der Waals surface area (Å²) in [7, 11) is 0. The van der Waals surface area contributed by atoms with E-state index < -0.39 is 0 Å². The van der Waals surface area contributed by atoms with E-state index in [0.29, 0.717) is 11.3 Å². The van der Waals surface area contributed by atoms with E-state index in [9.17, 15) is 9.90 Å². The van der Waals surface area contributed by atoms with Gasteiger partial charge in [0.15, 0.2) is 5.78 Å². The van der Waals surface area contributed by atoms with Gasteiger partial charge in [-0.2, -0.15) is 0 Å². The van der Waals surface area contributed by atoms with Gasteiger partial charge in [-0.3, -0.25) is 4.79 Å². The lowest BCUT2D eigenvalue weighted by molar-refractivity contribution is -0.113. The van der Waals surface area contributed by atoms with Crippen molar-refractivity contribution in [3.05, 3.63) is 95.8 Å². The van der Waals surface area contributed by atoms with Crippen molar-refractivity contribution in [3.8, 4) is 0 Å². The largest absolute Gasteiger partial charge is 0.512 e. The molecule has 3 nitrogen and oxygen atoms in total. The first-order chi connectivity index (χ1) is 16.6. The maximum absolute atomic E-state index is 12.3. The van der Waals surface area contributed by atoms with Crippen LogP contribution in [-0.2, 0) is 4.79 Å². The van der Waals surface area contributed by atoms with Crippen LogP contribution in [0.3, 0.4) is 0 Å². The molecule has 1 heterocycles. The standard InChI is InChI=1S/C30H29NO2S/c1-21(32)24(20-28(33)23-9-3-2-4-10-23)19-22-15-17-25(18-16-22)31-26-11-5-7-13-29(26)34-30-14-8-6-12-27(30)31/h5-8,11-20,23,33H,2-4,9-10H2,1H3/b24-19+,28-20-. The zero-order valence-electron chi connectivity index (χ0n) is 19.4. The normalized spacial score (nSPS) is 16.7. The topological polar surface area (TPSA) is 40.5 Å². The van der Waals surface area contributed by atoms with Crippen LogP contribution in [0.1, 0.15) is 44.6 Å². The Bertz CT molecular complexity index is 1210.